The maximum atomic E-state index is 13.4. The number of aromatic nitrogens is 2. The third-order valence-corrected chi connectivity index (χ3v) is 7.78. The zero-order chi connectivity index (χ0) is 33.9. The van der Waals surface area contributed by atoms with Gasteiger partial charge in [0.15, 0.2) is 12.4 Å². The number of amides is 3. The van der Waals surface area contributed by atoms with Gasteiger partial charge < -0.3 is 15.4 Å². The molecule has 0 radical (unpaired) electrons. The summed E-state index contributed by atoms with van der Waals surface area (Å²) >= 11 is 0. The lowest BCUT2D eigenvalue weighted by atomic mass is 9.98. The van der Waals surface area contributed by atoms with Crippen molar-refractivity contribution in [2.75, 3.05) is 19.7 Å². The first-order valence-corrected chi connectivity index (χ1v) is 16.1. The molecular weight excluding hydrogens is 600 g/mol. The summed E-state index contributed by atoms with van der Waals surface area (Å²) in [6, 6.07) is 15.1. The third kappa shape index (κ3) is 9.58. The normalized spacial score (nSPS) is 15.8. The number of para-hydroxylation sites is 2. The molecule has 12 heteroatoms. The van der Waals surface area contributed by atoms with E-state index < -0.39 is 36.4 Å². The smallest absolute Gasteiger partial charge is 0.333 e. The van der Waals surface area contributed by atoms with Crippen LogP contribution in [-0.2, 0) is 28.7 Å². The summed E-state index contributed by atoms with van der Waals surface area (Å²) in [6.45, 7) is 7.57. The van der Waals surface area contributed by atoms with Crippen LogP contribution in [0.4, 0.5) is 0 Å². The van der Waals surface area contributed by atoms with E-state index in [9.17, 15) is 24.0 Å². The molecular formula is C35H44N6O6. The fourth-order valence-electron chi connectivity index (χ4n) is 5.42. The van der Waals surface area contributed by atoms with Crippen LogP contribution in [0.2, 0.25) is 0 Å². The highest BCUT2D eigenvalue weighted by molar-refractivity contribution is 5.97. The molecule has 1 saturated heterocycles. The molecule has 1 fully saturated rings. The van der Waals surface area contributed by atoms with E-state index in [-0.39, 0.29) is 36.6 Å². The molecule has 250 valence electrons. The van der Waals surface area contributed by atoms with Crippen LogP contribution in [0.25, 0.3) is 16.7 Å². The molecule has 0 unspecified atom stereocenters. The van der Waals surface area contributed by atoms with Crippen LogP contribution in [0.15, 0.2) is 67.0 Å². The summed E-state index contributed by atoms with van der Waals surface area (Å²) in [7, 11) is 0. The lowest BCUT2D eigenvalue weighted by Crippen LogP contribution is -2.61. The van der Waals surface area contributed by atoms with Crippen molar-refractivity contribution in [3.05, 3.63) is 72.6 Å². The summed E-state index contributed by atoms with van der Waals surface area (Å²) in [6.07, 6.45) is 4.41. The van der Waals surface area contributed by atoms with Crippen molar-refractivity contribution in [2.24, 2.45) is 11.8 Å². The van der Waals surface area contributed by atoms with Crippen molar-refractivity contribution in [1.29, 1.82) is 0 Å². The van der Waals surface area contributed by atoms with Crippen LogP contribution in [0.5, 0.6) is 0 Å². The first-order valence-electron chi connectivity index (χ1n) is 16.1. The molecule has 0 spiro atoms. The van der Waals surface area contributed by atoms with Gasteiger partial charge in [-0.25, -0.2) is 15.2 Å². The monoisotopic (exact) mass is 644 g/mol. The Morgan fingerprint density at radius 1 is 1.02 bits per heavy atom. The predicted octanol–water partition coefficient (Wildman–Crippen LogP) is 3.23. The quantitative estimate of drug-likeness (QED) is 0.179. The Morgan fingerprint density at radius 2 is 1.74 bits per heavy atom. The van der Waals surface area contributed by atoms with Gasteiger partial charge in [-0.1, -0.05) is 70.2 Å². The van der Waals surface area contributed by atoms with Crippen LogP contribution < -0.4 is 16.1 Å². The van der Waals surface area contributed by atoms with Crippen molar-refractivity contribution in [2.45, 2.75) is 65.5 Å². The lowest BCUT2D eigenvalue weighted by molar-refractivity contribution is -0.148. The van der Waals surface area contributed by atoms with E-state index in [2.05, 4.69) is 21.0 Å². The highest BCUT2D eigenvalue weighted by Gasteiger charge is 2.35. The van der Waals surface area contributed by atoms with Gasteiger partial charge in [0.1, 0.15) is 12.4 Å². The van der Waals surface area contributed by atoms with Gasteiger partial charge in [0, 0.05) is 32.0 Å². The minimum atomic E-state index is -0.945. The SMILES string of the molecule is CC(C)CC(=O)NCCC(=O)N1NCCC[C@H]1C(=O)N[C@H](C(=O)COC(=O)C=C(c1ccccc1)n1cnc2ccccc21)C(C)C. The predicted molar refractivity (Wildman–Crippen MR) is 177 cm³/mol. The minimum Gasteiger partial charge on any atom is -0.454 e. The van der Waals surface area contributed by atoms with Crippen LogP contribution in [0.3, 0.4) is 0 Å². The molecule has 3 N–H and O–H groups in total. The number of carbonyl (C=O) groups excluding carboxylic acids is 5. The largest absolute Gasteiger partial charge is 0.454 e. The van der Waals surface area contributed by atoms with Gasteiger partial charge in [-0.15, -0.1) is 0 Å². The van der Waals surface area contributed by atoms with E-state index >= 15 is 0 Å². The average Bonchev–Trinajstić information content (AvgIpc) is 3.48. The Labute approximate surface area is 274 Å². The number of ketones is 1. The Balaban J connectivity index is 1.39. The van der Waals surface area contributed by atoms with Gasteiger partial charge >= 0.3 is 5.97 Å². The van der Waals surface area contributed by atoms with E-state index in [0.29, 0.717) is 31.5 Å². The van der Waals surface area contributed by atoms with Gasteiger partial charge in [-0.2, -0.15) is 0 Å². The molecule has 3 aromatic rings. The number of hydrogen-bond donors (Lipinski definition) is 3. The number of fused-ring (bicyclic) bond motifs is 1. The molecule has 2 atom stereocenters. The number of hydrogen-bond acceptors (Lipinski definition) is 8. The molecule has 0 bridgehead atoms. The number of ether oxygens (including phenoxy) is 1. The number of Topliss-reactive ketones (excluding diaryl/α,β-unsaturated/α-hetero) is 1. The summed E-state index contributed by atoms with van der Waals surface area (Å²) in [5.41, 5.74) is 5.83. The lowest BCUT2D eigenvalue weighted by Gasteiger charge is -2.36. The van der Waals surface area contributed by atoms with E-state index in [1.807, 2.05) is 68.4 Å². The molecule has 0 saturated carbocycles. The number of carbonyl (C=O) groups is 5. The van der Waals surface area contributed by atoms with Gasteiger partial charge in [0.2, 0.25) is 17.7 Å². The van der Waals surface area contributed by atoms with Gasteiger partial charge in [0.05, 0.1) is 22.8 Å². The Morgan fingerprint density at radius 3 is 2.47 bits per heavy atom. The Bertz CT molecular complexity index is 1600. The van der Waals surface area contributed by atoms with Crippen LogP contribution >= 0.6 is 0 Å². The highest BCUT2D eigenvalue weighted by atomic mass is 16.5. The van der Waals surface area contributed by atoms with E-state index in [1.54, 1.807) is 24.7 Å². The molecule has 1 aliphatic rings. The number of nitrogens with one attached hydrogen (secondary N) is 3. The topological polar surface area (TPSA) is 152 Å². The van der Waals surface area contributed by atoms with E-state index in [1.165, 1.54) is 11.1 Å². The zero-order valence-electron chi connectivity index (χ0n) is 27.4. The molecule has 47 heavy (non-hydrogen) atoms. The second kappa shape index (κ2) is 16.6. The third-order valence-electron chi connectivity index (χ3n) is 7.78. The van der Waals surface area contributed by atoms with Crippen molar-refractivity contribution in [1.82, 2.24) is 30.6 Å². The number of benzene rings is 2. The van der Waals surface area contributed by atoms with Crippen molar-refractivity contribution >= 4 is 46.2 Å². The minimum absolute atomic E-state index is 0.0243. The molecule has 4 rings (SSSR count). The molecule has 1 aliphatic heterocycles. The maximum Gasteiger partial charge on any atom is 0.333 e. The van der Waals surface area contributed by atoms with Crippen molar-refractivity contribution in [3.8, 4) is 0 Å². The summed E-state index contributed by atoms with van der Waals surface area (Å²) in [5, 5.41) is 6.83. The molecule has 12 nitrogen and oxygen atoms in total. The molecule has 1 aromatic heterocycles. The van der Waals surface area contributed by atoms with Gasteiger partial charge in [-0.3, -0.25) is 28.8 Å². The van der Waals surface area contributed by atoms with Crippen molar-refractivity contribution < 1.29 is 28.7 Å². The molecule has 2 aromatic carbocycles. The summed E-state index contributed by atoms with van der Waals surface area (Å²) in [4.78, 5) is 69.2. The van der Waals surface area contributed by atoms with Crippen LogP contribution in [0, 0.1) is 11.8 Å². The summed E-state index contributed by atoms with van der Waals surface area (Å²) < 4.78 is 7.20. The van der Waals surface area contributed by atoms with Gasteiger partial charge in [0.25, 0.3) is 0 Å². The zero-order valence-corrected chi connectivity index (χ0v) is 27.4. The summed E-state index contributed by atoms with van der Waals surface area (Å²) in [5.74, 6) is -2.25. The molecule has 2 heterocycles. The second-order valence-electron chi connectivity index (χ2n) is 12.3. The molecule has 3 amide bonds. The fraction of sp³-hybridized carbons (Fsp3) is 0.429. The van der Waals surface area contributed by atoms with Crippen LogP contribution in [0.1, 0.15) is 58.9 Å². The van der Waals surface area contributed by atoms with Gasteiger partial charge in [-0.05, 0) is 42.4 Å². The standard InChI is InChI=1S/C35H44N6O6/c1-23(2)19-31(43)36-18-16-32(44)41-28(15-10-17-38-41)35(46)39-34(24(3)4)30(42)21-47-33(45)20-29(25-11-6-5-7-12-25)40-22-37-26-13-8-9-14-27(26)40/h5-9,11-14,20,22-24,28,34,38H,10,15-19,21H2,1-4H3,(H,36,43)(H,39,46)/t28-,34-/m0/s1. The fourth-order valence-corrected chi connectivity index (χ4v) is 5.42. The number of nitrogens with zero attached hydrogens (tertiary/aromatic N) is 3. The average molecular weight is 645 g/mol. The first kappa shape index (κ1) is 35.0. The van der Waals surface area contributed by atoms with E-state index in [0.717, 1.165) is 16.6 Å². The number of imidazole rings is 1. The number of hydrazine groups is 1. The maximum absolute atomic E-state index is 13.4. The Hall–Kier alpha value is -4.84. The first-order chi connectivity index (χ1) is 22.5. The second-order valence-corrected chi connectivity index (χ2v) is 12.3. The Kier molecular flexibility index (Phi) is 12.4. The molecule has 0 aliphatic carbocycles. The highest BCUT2D eigenvalue weighted by Crippen LogP contribution is 2.23. The number of rotatable bonds is 14. The van der Waals surface area contributed by atoms with E-state index in [4.69, 9.17) is 4.74 Å². The number of esters is 1. The van der Waals surface area contributed by atoms with Crippen molar-refractivity contribution in [3.63, 3.8) is 0 Å². The van der Waals surface area contributed by atoms with Crippen LogP contribution in [-0.4, -0.2) is 75.8 Å².